The number of amides is 2. The highest BCUT2D eigenvalue weighted by atomic mass is 19.3. The molecule has 1 atom stereocenters. The van der Waals surface area contributed by atoms with E-state index < -0.39 is 18.6 Å². The van der Waals surface area contributed by atoms with Crippen molar-refractivity contribution < 1.29 is 23.1 Å². The maximum absolute atomic E-state index is 12.7. The summed E-state index contributed by atoms with van der Waals surface area (Å²) in [5, 5.41) is 2.73. The zero-order valence-corrected chi connectivity index (χ0v) is 13.9. The van der Waals surface area contributed by atoms with Crippen molar-refractivity contribution in [1.29, 1.82) is 0 Å². The average molecular weight is 360 g/mol. The molecule has 1 fully saturated rings. The van der Waals surface area contributed by atoms with E-state index in [9.17, 15) is 18.4 Å². The molecule has 1 heterocycles. The molecule has 1 aliphatic rings. The van der Waals surface area contributed by atoms with Gasteiger partial charge in [0, 0.05) is 17.8 Å². The van der Waals surface area contributed by atoms with Gasteiger partial charge in [0.25, 0.3) is 5.91 Å². The Bertz CT molecular complexity index is 766. The molecule has 1 N–H and O–H groups in total. The summed E-state index contributed by atoms with van der Waals surface area (Å²) in [6.07, 6.45) is 1.33. The molecular weight excluding hydrogens is 342 g/mol. The van der Waals surface area contributed by atoms with Crippen molar-refractivity contribution in [3.05, 3.63) is 60.2 Å². The van der Waals surface area contributed by atoms with Crippen molar-refractivity contribution in [3.8, 4) is 5.75 Å². The van der Waals surface area contributed by atoms with E-state index in [0.29, 0.717) is 13.0 Å². The molecule has 26 heavy (non-hydrogen) atoms. The van der Waals surface area contributed by atoms with Gasteiger partial charge < -0.3 is 15.0 Å². The molecule has 1 aliphatic heterocycles. The van der Waals surface area contributed by atoms with Crippen LogP contribution in [-0.4, -0.2) is 31.0 Å². The standard InChI is InChI=1S/C19H18F2N2O3/c20-19(21)26-15-10-8-13(9-11-15)17(24)22-16-7-4-12-23(18(16)25)14-5-2-1-3-6-14/h1-3,5-6,8-11,16,19H,4,7,12H2,(H,22,24). The Morgan fingerprint density at radius 1 is 1.12 bits per heavy atom. The Balaban J connectivity index is 1.66. The number of rotatable bonds is 5. The average Bonchev–Trinajstić information content (AvgIpc) is 2.64. The third-order valence-corrected chi connectivity index (χ3v) is 4.15. The lowest BCUT2D eigenvalue weighted by Crippen LogP contribution is -2.52. The van der Waals surface area contributed by atoms with Gasteiger partial charge in [-0.2, -0.15) is 8.78 Å². The van der Waals surface area contributed by atoms with Crippen LogP contribution in [0.4, 0.5) is 14.5 Å². The van der Waals surface area contributed by atoms with Gasteiger partial charge in [0.1, 0.15) is 11.8 Å². The molecule has 0 bridgehead atoms. The minimum absolute atomic E-state index is 0.0273. The summed E-state index contributed by atoms with van der Waals surface area (Å²) >= 11 is 0. The van der Waals surface area contributed by atoms with E-state index in [1.165, 1.54) is 24.3 Å². The van der Waals surface area contributed by atoms with Crippen molar-refractivity contribution in [1.82, 2.24) is 5.32 Å². The molecule has 0 aliphatic carbocycles. The van der Waals surface area contributed by atoms with Crippen LogP contribution in [0.1, 0.15) is 23.2 Å². The molecule has 7 heteroatoms. The van der Waals surface area contributed by atoms with Crippen LogP contribution >= 0.6 is 0 Å². The number of benzene rings is 2. The molecule has 2 aromatic rings. The van der Waals surface area contributed by atoms with Crippen LogP contribution in [0.3, 0.4) is 0 Å². The van der Waals surface area contributed by atoms with Gasteiger partial charge >= 0.3 is 6.61 Å². The predicted molar refractivity (Wildman–Crippen MR) is 92.4 cm³/mol. The van der Waals surface area contributed by atoms with Crippen LogP contribution in [0.25, 0.3) is 0 Å². The second-order valence-electron chi connectivity index (χ2n) is 5.90. The molecule has 0 radical (unpaired) electrons. The number of halogens is 2. The molecule has 2 aromatic carbocycles. The molecular formula is C19H18F2N2O3. The molecule has 5 nitrogen and oxygen atoms in total. The van der Waals surface area contributed by atoms with E-state index in [0.717, 1.165) is 12.1 Å². The summed E-state index contributed by atoms with van der Waals surface area (Å²) in [5.41, 5.74) is 1.07. The smallest absolute Gasteiger partial charge is 0.387 e. The van der Waals surface area contributed by atoms with Crippen LogP contribution in [0.2, 0.25) is 0 Å². The maximum atomic E-state index is 12.7. The quantitative estimate of drug-likeness (QED) is 0.891. The number of para-hydroxylation sites is 1. The van der Waals surface area contributed by atoms with Gasteiger partial charge in [0.05, 0.1) is 0 Å². The highest BCUT2D eigenvalue weighted by Crippen LogP contribution is 2.21. The van der Waals surface area contributed by atoms with E-state index in [4.69, 9.17) is 0 Å². The fraction of sp³-hybridized carbons (Fsp3) is 0.263. The van der Waals surface area contributed by atoms with Crippen LogP contribution in [0, 0.1) is 0 Å². The Kier molecular flexibility index (Phi) is 5.46. The summed E-state index contributed by atoms with van der Waals surface area (Å²) in [6.45, 7) is -2.31. The molecule has 1 saturated heterocycles. The number of ether oxygens (including phenoxy) is 1. The number of alkyl halides is 2. The van der Waals surface area contributed by atoms with Gasteiger partial charge in [-0.25, -0.2) is 0 Å². The fourth-order valence-electron chi connectivity index (χ4n) is 2.90. The first-order valence-electron chi connectivity index (χ1n) is 8.27. The number of hydrogen-bond acceptors (Lipinski definition) is 3. The highest BCUT2D eigenvalue weighted by molar-refractivity contribution is 6.02. The van der Waals surface area contributed by atoms with Gasteiger partial charge in [-0.15, -0.1) is 0 Å². The van der Waals surface area contributed by atoms with E-state index in [1.807, 2.05) is 30.3 Å². The van der Waals surface area contributed by atoms with Crippen molar-refractivity contribution in [2.75, 3.05) is 11.4 Å². The van der Waals surface area contributed by atoms with E-state index in [-0.39, 0.29) is 17.2 Å². The Morgan fingerprint density at radius 2 is 1.81 bits per heavy atom. The summed E-state index contributed by atoms with van der Waals surface area (Å²) in [4.78, 5) is 26.7. The lowest BCUT2D eigenvalue weighted by molar-refractivity contribution is -0.121. The predicted octanol–water partition coefficient (Wildman–Crippen LogP) is 3.21. The molecule has 0 spiro atoms. The van der Waals surface area contributed by atoms with Gasteiger partial charge in [-0.3, -0.25) is 9.59 Å². The topological polar surface area (TPSA) is 58.6 Å². The number of nitrogens with zero attached hydrogens (tertiary/aromatic N) is 1. The Morgan fingerprint density at radius 3 is 2.46 bits per heavy atom. The van der Waals surface area contributed by atoms with Crippen molar-refractivity contribution in [2.45, 2.75) is 25.5 Å². The van der Waals surface area contributed by atoms with Gasteiger partial charge in [0.2, 0.25) is 5.91 Å². The van der Waals surface area contributed by atoms with Crippen molar-refractivity contribution >= 4 is 17.5 Å². The summed E-state index contributed by atoms with van der Waals surface area (Å²) in [7, 11) is 0. The summed E-state index contributed by atoms with van der Waals surface area (Å²) in [6, 6.07) is 14.0. The van der Waals surface area contributed by atoms with Crippen LogP contribution in [0.5, 0.6) is 5.75 Å². The number of hydrogen-bond donors (Lipinski definition) is 1. The third-order valence-electron chi connectivity index (χ3n) is 4.15. The molecule has 1 unspecified atom stereocenters. The number of carbonyl (C=O) groups is 2. The molecule has 0 saturated carbocycles. The molecule has 0 aromatic heterocycles. The number of anilines is 1. The van der Waals surface area contributed by atoms with Gasteiger partial charge in [-0.05, 0) is 49.2 Å². The maximum Gasteiger partial charge on any atom is 0.387 e. The zero-order valence-electron chi connectivity index (χ0n) is 13.9. The minimum atomic E-state index is -2.92. The van der Waals surface area contributed by atoms with Crippen molar-refractivity contribution in [2.24, 2.45) is 0 Å². The monoisotopic (exact) mass is 360 g/mol. The molecule has 2 amide bonds. The molecule has 136 valence electrons. The minimum Gasteiger partial charge on any atom is -0.435 e. The summed E-state index contributed by atoms with van der Waals surface area (Å²) < 4.78 is 28.6. The third kappa shape index (κ3) is 4.17. The van der Waals surface area contributed by atoms with Gasteiger partial charge in [-0.1, -0.05) is 18.2 Å². The number of piperidine rings is 1. The zero-order chi connectivity index (χ0) is 18.5. The first-order chi connectivity index (χ1) is 12.5. The first-order valence-corrected chi connectivity index (χ1v) is 8.27. The first kappa shape index (κ1) is 17.8. The fourth-order valence-corrected chi connectivity index (χ4v) is 2.90. The Labute approximate surface area is 149 Å². The van der Waals surface area contributed by atoms with E-state index in [1.54, 1.807) is 4.90 Å². The second-order valence-corrected chi connectivity index (χ2v) is 5.90. The lowest BCUT2D eigenvalue weighted by atomic mass is 10.0. The lowest BCUT2D eigenvalue weighted by Gasteiger charge is -2.32. The largest absolute Gasteiger partial charge is 0.435 e. The molecule has 3 rings (SSSR count). The highest BCUT2D eigenvalue weighted by Gasteiger charge is 2.30. The number of carbonyl (C=O) groups excluding carboxylic acids is 2. The Hall–Kier alpha value is -2.96. The second kappa shape index (κ2) is 7.95. The van der Waals surface area contributed by atoms with Crippen LogP contribution in [0.15, 0.2) is 54.6 Å². The van der Waals surface area contributed by atoms with Crippen molar-refractivity contribution in [3.63, 3.8) is 0 Å². The summed E-state index contributed by atoms with van der Waals surface area (Å²) in [5.74, 6) is -0.615. The van der Waals surface area contributed by atoms with E-state index in [2.05, 4.69) is 10.1 Å². The number of nitrogens with one attached hydrogen (secondary N) is 1. The van der Waals surface area contributed by atoms with E-state index >= 15 is 0 Å². The van der Waals surface area contributed by atoms with Crippen LogP contribution < -0.4 is 15.0 Å². The SMILES string of the molecule is O=C(NC1CCCN(c2ccccc2)C1=O)c1ccc(OC(F)F)cc1. The van der Waals surface area contributed by atoms with Gasteiger partial charge in [0.15, 0.2) is 0 Å². The van der Waals surface area contributed by atoms with Crippen LogP contribution in [-0.2, 0) is 4.79 Å². The normalized spacial score (nSPS) is 17.3.